The van der Waals surface area contributed by atoms with Crippen molar-refractivity contribution in [3.05, 3.63) is 40.5 Å². The Balaban J connectivity index is 2.57. The van der Waals surface area contributed by atoms with E-state index in [0.29, 0.717) is 11.1 Å². The molecule has 1 aromatic heterocycles. The highest BCUT2D eigenvalue weighted by atomic mass is 19.3. The maximum absolute atomic E-state index is 13.4. The largest absolute Gasteiger partial charge is 0.294 e. The number of azide groups is 1. The molecule has 0 spiro atoms. The summed E-state index contributed by atoms with van der Waals surface area (Å²) in [7, 11) is 0. The standard InChI is InChI=1S/C10H8F3N5/c11-9(12)10(13)18-5-15-7-3-1-2-6(8(7)18)4-16-17-14/h1-3,5,9-10H,4H2. The summed E-state index contributed by atoms with van der Waals surface area (Å²) in [5.74, 6) is 0. The van der Waals surface area contributed by atoms with E-state index >= 15 is 0 Å². The van der Waals surface area contributed by atoms with Crippen LogP contribution in [0.2, 0.25) is 0 Å². The van der Waals surface area contributed by atoms with Crippen molar-refractivity contribution in [2.75, 3.05) is 0 Å². The maximum atomic E-state index is 13.4. The van der Waals surface area contributed by atoms with Crippen molar-refractivity contribution in [2.24, 2.45) is 5.11 Å². The third kappa shape index (κ3) is 2.10. The number of aromatic nitrogens is 2. The molecule has 0 fully saturated rings. The van der Waals surface area contributed by atoms with Crippen LogP contribution in [-0.2, 0) is 6.54 Å². The quantitative estimate of drug-likeness (QED) is 0.467. The lowest BCUT2D eigenvalue weighted by Crippen LogP contribution is -2.11. The van der Waals surface area contributed by atoms with Crippen LogP contribution in [0.25, 0.3) is 21.5 Å². The van der Waals surface area contributed by atoms with Gasteiger partial charge in [-0.2, -0.15) is 0 Å². The molecule has 1 heterocycles. The number of halogens is 3. The van der Waals surface area contributed by atoms with E-state index in [0.717, 1.165) is 10.9 Å². The number of fused-ring (bicyclic) bond motifs is 1. The zero-order valence-corrected chi connectivity index (χ0v) is 9.04. The first-order chi connectivity index (χ1) is 8.65. The molecule has 1 atom stereocenters. The van der Waals surface area contributed by atoms with Crippen LogP contribution in [0.4, 0.5) is 13.2 Å². The van der Waals surface area contributed by atoms with Crippen LogP contribution < -0.4 is 0 Å². The molecule has 0 aliphatic rings. The summed E-state index contributed by atoms with van der Waals surface area (Å²) in [4.78, 5) is 6.43. The van der Waals surface area contributed by atoms with Crippen LogP contribution in [0, 0.1) is 0 Å². The molecule has 0 saturated carbocycles. The summed E-state index contributed by atoms with van der Waals surface area (Å²) >= 11 is 0. The first-order valence-electron chi connectivity index (χ1n) is 5.02. The minimum atomic E-state index is -3.14. The number of imidazole rings is 1. The molecule has 1 aromatic carbocycles. The first kappa shape index (κ1) is 12.3. The number of para-hydroxylation sites is 1. The second-order valence-corrected chi connectivity index (χ2v) is 3.53. The van der Waals surface area contributed by atoms with Gasteiger partial charge in [0, 0.05) is 4.91 Å². The van der Waals surface area contributed by atoms with Gasteiger partial charge in [0.1, 0.15) is 0 Å². The highest BCUT2D eigenvalue weighted by Crippen LogP contribution is 2.26. The highest BCUT2D eigenvalue weighted by Gasteiger charge is 2.23. The Bertz CT molecular complexity index is 603. The van der Waals surface area contributed by atoms with Crippen LogP contribution in [0.5, 0.6) is 0 Å². The van der Waals surface area contributed by atoms with Crippen LogP contribution in [0.15, 0.2) is 29.6 Å². The second kappa shape index (κ2) is 4.97. The Labute approximate surface area is 99.5 Å². The summed E-state index contributed by atoms with van der Waals surface area (Å²) in [6.45, 7) is -0.0461. The molecule has 8 heteroatoms. The molecule has 1 unspecified atom stereocenters. The Morgan fingerprint density at radius 2 is 2.17 bits per heavy atom. The molecule has 0 N–H and O–H groups in total. The van der Waals surface area contributed by atoms with Crippen LogP contribution >= 0.6 is 0 Å². The van der Waals surface area contributed by atoms with E-state index in [1.807, 2.05) is 0 Å². The molecule has 2 aromatic rings. The fourth-order valence-electron chi connectivity index (χ4n) is 1.71. The van der Waals surface area contributed by atoms with Gasteiger partial charge in [-0.3, -0.25) is 4.57 Å². The number of hydrogen-bond donors (Lipinski definition) is 0. The van der Waals surface area contributed by atoms with Gasteiger partial charge >= 0.3 is 0 Å². The van der Waals surface area contributed by atoms with Crippen molar-refractivity contribution in [1.82, 2.24) is 9.55 Å². The molecule has 5 nitrogen and oxygen atoms in total. The molecule has 94 valence electrons. The molecule has 0 saturated heterocycles. The summed E-state index contributed by atoms with van der Waals surface area (Å²) in [6, 6.07) is 4.79. The van der Waals surface area contributed by atoms with Gasteiger partial charge in [-0.05, 0) is 17.2 Å². The minimum Gasteiger partial charge on any atom is -0.294 e. The van der Waals surface area contributed by atoms with E-state index in [1.165, 1.54) is 0 Å². The fraction of sp³-hybridized carbons (Fsp3) is 0.300. The van der Waals surface area contributed by atoms with E-state index < -0.39 is 12.7 Å². The van der Waals surface area contributed by atoms with Crippen molar-refractivity contribution in [3.8, 4) is 0 Å². The lowest BCUT2D eigenvalue weighted by atomic mass is 10.2. The fourth-order valence-corrected chi connectivity index (χ4v) is 1.71. The highest BCUT2D eigenvalue weighted by molar-refractivity contribution is 5.79. The predicted molar refractivity (Wildman–Crippen MR) is 58.7 cm³/mol. The molecule has 0 radical (unpaired) electrons. The van der Waals surface area contributed by atoms with Gasteiger partial charge in [-0.1, -0.05) is 17.2 Å². The smallest absolute Gasteiger partial charge is 0.288 e. The van der Waals surface area contributed by atoms with Crippen molar-refractivity contribution in [1.29, 1.82) is 0 Å². The summed E-state index contributed by atoms with van der Waals surface area (Å²) in [5, 5.41) is 3.35. The lowest BCUT2D eigenvalue weighted by Gasteiger charge is -2.11. The van der Waals surface area contributed by atoms with Gasteiger partial charge in [-0.15, -0.1) is 0 Å². The predicted octanol–water partition coefficient (Wildman–Crippen LogP) is 3.58. The Morgan fingerprint density at radius 1 is 1.39 bits per heavy atom. The number of hydrogen-bond acceptors (Lipinski definition) is 2. The van der Waals surface area contributed by atoms with E-state index in [1.54, 1.807) is 18.2 Å². The van der Waals surface area contributed by atoms with Gasteiger partial charge in [0.15, 0.2) is 0 Å². The van der Waals surface area contributed by atoms with Crippen molar-refractivity contribution < 1.29 is 13.2 Å². The van der Waals surface area contributed by atoms with E-state index in [-0.39, 0.29) is 12.1 Å². The monoisotopic (exact) mass is 255 g/mol. The third-order valence-electron chi connectivity index (χ3n) is 2.46. The van der Waals surface area contributed by atoms with Crippen LogP contribution in [0.3, 0.4) is 0 Å². The number of rotatable bonds is 4. The zero-order valence-electron chi connectivity index (χ0n) is 9.04. The Morgan fingerprint density at radius 3 is 2.83 bits per heavy atom. The third-order valence-corrected chi connectivity index (χ3v) is 2.46. The normalized spacial score (nSPS) is 12.7. The van der Waals surface area contributed by atoms with Gasteiger partial charge in [-0.25, -0.2) is 18.2 Å². The summed E-state index contributed by atoms with van der Waals surface area (Å²) < 4.78 is 38.9. The SMILES string of the molecule is [N-]=[N+]=NCc1cccc2ncn(C(F)C(F)F)c12. The molecule has 2 rings (SSSR count). The van der Waals surface area contributed by atoms with Crippen LogP contribution in [0.1, 0.15) is 11.9 Å². The lowest BCUT2D eigenvalue weighted by molar-refractivity contribution is 0.0102. The second-order valence-electron chi connectivity index (χ2n) is 3.53. The van der Waals surface area contributed by atoms with Gasteiger partial charge in [0.25, 0.3) is 6.43 Å². The number of benzene rings is 1. The topological polar surface area (TPSA) is 66.6 Å². The molecule has 0 aliphatic heterocycles. The van der Waals surface area contributed by atoms with Gasteiger partial charge in [0.05, 0.1) is 23.9 Å². The molecule has 0 aliphatic carbocycles. The summed E-state index contributed by atoms with van der Waals surface area (Å²) in [5.41, 5.74) is 9.31. The molecular weight excluding hydrogens is 247 g/mol. The molecule has 18 heavy (non-hydrogen) atoms. The van der Waals surface area contributed by atoms with Gasteiger partial charge in [0.2, 0.25) is 6.30 Å². The van der Waals surface area contributed by atoms with Crippen molar-refractivity contribution >= 4 is 11.0 Å². The van der Waals surface area contributed by atoms with Crippen molar-refractivity contribution in [3.63, 3.8) is 0 Å². The zero-order chi connectivity index (χ0) is 13.1. The number of nitrogens with zero attached hydrogens (tertiary/aromatic N) is 5. The van der Waals surface area contributed by atoms with Gasteiger partial charge < -0.3 is 0 Å². The molecule has 0 bridgehead atoms. The van der Waals surface area contributed by atoms with E-state index in [2.05, 4.69) is 15.0 Å². The minimum absolute atomic E-state index is 0.0461. The molecule has 0 amide bonds. The Kier molecular flexibility index (Phi) is 3.38. The van der Waals surface area contributed by atoms with Crippen molar-refractivity contribution in [2.45, 2.75) is 19.3 Å². The number of alkyl halides is 3. The Hall–Kier alpha value is -2.21. The van der Waals surface area contributed by atoms with E-state index in [9.17, 15) is 13.2 Å². The average molecular weight is 255 g/mol. The first-order valence-corrected chi connectivity index (χ1v) is 5.02. The average Bonchev–Trinajstić information content (AvgIpc) is 2.79. The van der Waals surface area contributed by atoms with Crippen LogP contribution in [-0.4, -0.2) is 16.0 Å². The summed E-state index contributed by atoms with van der Waals surface area (Å²) in [6.07, 6.45) is -4.60. The maximum Gasteiger partial charge on any atom is 0.288 e. The van der Waals surface area contributed by atoms with E-state index in [4.69, 9.17) is 5.53 Å². The molecular formula is C10H8F3N5.